The molecule has 0 atom stereocenters. The van der Waals surface area contributed by atoms with Crippen molar-refractivity contribution >= 4 is 27.5 Å². The van der Waals surface area contributed by atoms with Crippen LogP contribution in [0.4, 0.5) is 0 Å². The SMILES string of the molecule is CCCCn1c(-c2cccc(C)c2)nc2scc(C(=O)O)c2c1=O. The fraction of sp³-hybridized carbons (Fsp3) is 0.278. The van der Waals surface area contributed by atoms with E-state index in [9.17, 15) is 14.7 Å². The predicted octanol–water partition coefficient (Wildman–Crippen LogP) is 3.93. The van der Waals surface area contributed by atoms with Gasteiger partial charge in [0.25, 0.3) is 5.56 Å². The summed E-state index contributed by atoms with van der Waals surface area (Å²) in [6.45, 7) is 4.57. The molecule has 24 heavy (non-hydrogen) atoms. The molecule has 0 spiro atoms. The van der Waals surface area contributed by atoms with Gasteiger partial charge in [0.15, 0.2) is 0 Å². The number of aromatic carboxylic acids is 1. The molecule has 0 aliphatic rings. The highest BCUT2D eigenvalue weighted by Crippen LogP contribution is 2.26. The summed E-state index contributed by atoms with van der Waals surface area (Å²) >= 11 is 1.20. The number of hydrogen-bond acceptors (Lipinski definition) is 4. The van der Waals surface area contributed by atoms with Crippen LogP contribution >= 0.6 is 11.3 Å². The number of unbranched alkanes of at least 4 members (excludes halogenated alkanes) is 1. The molecule has 0 aliphatic heterocycles. The summed E-state index contributed by atoms with van der Waals surface area (Å²) in [6.07, 6.45) is 1.77. The van der Waals surface area contributed by atoms with Gasteiger partial charge in [0.2, 0.25) is 0 Å². The zero-order valence-electron chi connectivity index (χ0n) is 13.6. The first-order chi connectivity index (χ1) is 11.5. The number of carboxylic acid groups (broad SMARTS) is 1. The van der Waals surface area contributed by atoms with Gasteiger partial charge in [0.05, 0.1) is 10.9 Å². The number of hydrogen-bond donors (Lipinski definition) is 1. The molecule has 6 heteroatoms. The van der Waals surface area contributed by atoms with Gasteiger partial charge >= 0.3 is 5.97 Å². The minimum Gasteiger partial charge on any atom is -0.478 e. The molecule has 3 rings (SSSR count). The monoisotopic (exact) mass is 342 g/mol. The molecule has 5 nitrogen and oxygen atoms in total. The largest absolute Gasteiger partial charge is 0.478 e. The Hall–Kier alpha value is -2.47. The molecule has 1 aromatic carbocycles. The van der Waals surface area contributed by atoms with Crippen molar-refractivity contribution in [1.29, 1.82) is 0 Å². The lowest BCUT2D eigenvalue weighted by molar-refractivity contribution is 0.0699. The third kappa shape index (κ3) is 2.85. The van der Waals surface area contributed by atoms with Crippen molar-refractivity contribution in [2.45, 2.75) is 33.2 Å². The van der Waals surface area contributed by atoms with Gasteiger partial charge < -0.3 is 5.11 Å². The summed E-state index contributed by atoms with van der Waals surface area (Å²) < 4.78 is 1.61. The van der Waals surface area contributed by atoms with E-state index in [-0.39, 0.29) is 16.5 Å². The van der Waals surface area contributed by atoms with E-state index in [1.54, 1.807) is 4.57 Å². The van der Waals surface area contributed by atoms with Crippen molar-refractivity contribution < 1.29 is 9.90 Å². The molecule has 0 amide bonds. The predicted molar refractivity (Wildman–Crippen MR) is 95.9 cm³/mol. The Balaban J connectivity index is 2.32. The first-order valence-electron chi connectivity index (χ1n) is 7.85. The van der Waals surface area contributed by atoms with Gasteiger partial charge in [-0.05, 0) is 19.4 Å². The third-order valence-electron chi connectivity index (χ3n) is 3.94. The number of thiophene rings is 1. The van der Waals surface area contributed by atoms with E-state index in [4.69, 9.17) is 0 Å². The first-order valence-corrected chi connectivity index (χ1v) is 8.73. The van der Waals surface area contributed by atoms with E-state index >= 15 is 0 Å². The zero-order valence-corrected chi connectivity index (χ0v) is 14.4. The maximum atomic E-state index is 13.0. The highest BCUT2D eigenvalue weighted by Gasteiger charge is 2.20. The van der Waals surface area contributed by atoms with Crippen LogP contribution in [0.25, 0.3) is 21.6 Å². The number of benzene rings is 1. The maximum Gasteiger partial charge on any atom is 0.337 e. The normalized spacial score (nSPS) is 11.1. The van der Waals surface area contributed by atoms with Crippen molar-refractivity contribution in [3.8, 4) is 11.4 Å². The maximum absolute atomic E-state index is 13.0. The molecule has 0 saturated carbocycles. The van der Waals surface area contributed by atoms with Gasteiger partial charge in [0, 0.05) is 17.5 Å². The fourth-order valence-corrected chi connectivity index (χ4v) is 3.61. The molecule has 0 fully saturated rings. The van der Waals surface area contributed by atoms with Gasteiger partial charge in [-0.15, -0.1) is 11.3 Å². The lowest BCUT2D eigenvalue weighted by Crippen LogP contribution is -2.24. The number of carbonyl (C=O) groups is 1. The lowest BCUT2D eigenvalue weighted by Gasteiger charge is -2.13. The standard InChI is InChI=1S/C18H18N2O3S/c1-3-4-8-20-15(12-7-5-6-11(2)9-12)19-16-14(17(20)21)13(10-24-16)18(22)23/h5-7,9-10H,3-4,8H2,1-2H3,(H,22,23). The molecule has 1 N–H and O–H groups in total. The Morgan fingerprint density at radius 2 is 2.17 bits per heavy atom. The van der Waals surface area contributed by atoms with E-state index in [1.165, 1.54) is 16.7 Å². The molecule has 3 aromatic rings. The third-order valence-corrected chi connectivity index (χ3v) is 4.81. The Morgan fingerprint density at radius 3 is 2.83 bits per heavy atom. The van der Waals surface area contributed by atoms with Crippen molar-refractivity contribution in [3.05, 3.63) is 51.1 Å². The Bertz CT molecular complexity index is 972. The minimum absolute atomic E-state index is 0.0357. The number of aromatic nitrogens is 2. The van der Waals surface area contributed by atoms with Crippen LogP contribution in [0.15, 0.2) is 34.4 Å². The molecule has 0 aliphatic carbocycles. The van der Waals surface area contributed by atoms with Gasteiger partial charge in [-0.1, -0.05) is 37.1 Å². The molecule has 2 heterocycles. The average molecular weight is 342 g/mol. The second-order valence-electron chi connectivity index (χ2n) is 5.75. The van der Waals surface area contributed by atoms with Crippen LogP contribution in [0.3, 0.4) is 0 Å². The minimum atomic E-state index is -1.09. The van der Waals surface area contributed by atoms with Crippen LogP contribution in [-0.2, 0) is 6.54 Å². The topological polar surface area (TPSA) is 72.2 Å². The summed E-state index contributed by atoms with van der Waals surface area (Å²) in [7, 11) is 0. The average Bonchev–Trinajstić information content (AvgIpc) is 2.98. The van der Waals surface area contributed by atoms with Gasteiger partial charge in [0.1, 0.15) is 10.7 Å². The summed E-state index contributed by atoms with van der Waals surface area (Å²) in [5, 5.41) is 11.0. The molecule has 0 saturated heterocycles. The van der Waals surface area contributed by atoms with Crippen LogP contribution < -0.4 is 5.56 Å². The zero-order chi connectivity index (χ0) is 17.3. The van der Waals surface area contributed by atoms with Crippen LogP contribution in [-0.4, -0.2) is 20.6 Å². The van der Waals surface area contributed by atoms with E-state index in [2.05, 4.69) is 11.9 Å². The molecule has 124 valence electrons. The lowest BCUT2D eigenvalue weighted by atomic mass is 10.1. The molecular formula is C18H18N2O3S. The second-order valence-corrected chi connectivity index (χ2v) is 6.61. The quantitative estimate of drug-likeness (QED) is 0.762. The highest BCUT2D eigenvalue weighted by molar-refractivity contribution is 7.17. The van der Waals surface area contributed by atoms with E-state index in [0.717, 1.165) is 24.0 Å². The van der Waals surface area contributed by atoms with Gasteiger partial charge in [-0.2, -0.15) is 0 Å². The summed E-state index contributed by atoms with van der Waals surface area (Å²) in [5.41, 5.74) is 1.72. The van der Waals surface area contributed by atoms with Gasteiger partial charge in [-0.25, -0.2) is 9.78 Å². The van der Waals surface area contributed by atoms with E-state index < -0.39 is 5.97 Å². The van der Waals surface area contributed by atoms with Crippen molar-refractivity contribution in [1.82, 2.24) is 9.55 Å². The molecule has 0 radical (unpaired) electrons. The van der Waals surface area contributed by atoms with Crippen molar-refractivity contribution in [2.24, 2.45) is 0 Å². The summed E-state index contributed by atoms with van der Waals surface area (Å²) in [4.78, 5) is 29.4. The van der Waals surface area contributed by atoms with Crippen LogP contribution in [0, 0.1) is 6.92 Å². The molecule has 0 unspecified atom stereocenters. The van der Waals surface area contributed by atoms with Crippen LogP contribution in [0.1, 0.15) is 35.7 Å². The molecule has 2 aromatic heterocycles. The smallest absolute Gasteiger partial charge is 0.337 e. The molecule has 0 bridgehead atoms. The van der Waals surface area contributed by atoms with Crippen LogP contribution in [0.5, 0.6) is 0 Å². The number of fused-ring (bicyclic) bond motifs is 1. The number of aryl methyl sites for hydroxylation is 1. The number of carboxylic acids is 1. The van der Waals surface area contributed by atoms with Crippen LogP contribution in [0.2, 0.25) is 0 Å². The summed E-state index contributed by atoms with van der Waals surface area (Å²) in [5.74, 6) is -0.492. The number of rotatable bonds is 5. The highest BCUT2D eigenvalue weighted by atomic mass is 32.1. The Morgan fingerprint density at radius 1 is 1.38 bits per heavy atom. The number of nitrogens with zero attached hydrogens (tertiary/aromatic N) is 2. The Labute approximate surface area is 143 Å². The van der Waals surface area contributed by atoms with Crippen molar-refractivity contribution in [2.75, 3.05) is 0 Å². The summed E-state index contributed by atoms with van der Waals surface area (Å²) in [6, 6.07) is 7.84. The van der Waals surface area contributed by atoms with E-state index in [1.807, 2.05) is 31.2 Å². The van der Waals surface area contributed by atoms with E-state index in [0.29, 0.717) is 17.2 Å². The first kappa shape index (κ1) is 16.4. The fourth-order valence-electron chi connectivity index (χ4n) is 2.71. The molecular weight excluding hydrogens is 324 g/mol. The van der Waals surface area contributed by atoms with Gasteiger partial charge in [-0.3, -0.25) is 9.36 Å². The van der Waals surface area contributed by atoms with Crippen molar-refractivity contribution in [3.63, 3.8) is 0 Å². The second kappa shape index (κ2) is 6.57. The Kier molecular flexibility index (Phi) is 4.49.